The predicted molar refractivity (Wildman–Crippen MR) is 114 cm³/mol. The monoisotopic (exact) mass is 404 g/mol. The first kappa shape index (κ1) is 18.9. The zero-order chi connectivity index (χ0) is 20.2. The van der Waals surface area contributed by atoms with Crippen LogP contribution in [0.2, 0.25) is 0 Å². The van der Waals surface area contributed by atoms with Gasteiger partial charge in [-0.25, -0.2) is 9.97 Å². The lowest BCUT2D eigenvalue weighted by Crippen LogP contribution is -2.04. The van der Waals surface area contributed by atoms with Crippen molar-refractivity contribution >= 4 is 28.8 Å². The van der Waals surface area contributed by atoms with Crippen LogP contribution in [0.25, 0.3) is 11.4 Å². The minimum absolute atomic E-state index is 0.0337. The van der Waals surface area contributed by atoms with Gasteiger partial charge in [0.15, 0.2) is 17.4 Å². The number of carbonyl (C=O) groups is 1. The van der Waals surface area contributed by atoms with E-state index in [1.807, 2.05) is 49.6 Å². The second-order valence-electron chi connectivity index (χ2n) is 6.71. The van der Waals surface area contributed by atoms with Gasteiger partial charge in [-0.3, -0.25) is 14.9 Å². The van der Waals surface area contributed by atoms with Gasteiger partial charge < -0.3 is 5.32 Å². The van der Waals surface area contributed by atoms with Crippen molar-refractivity contribution in [2.45, 2.75) is 26.7 Å². The van der Waals surface area contributed by atoms with E-state index in [0.717, 1.165) is 23.4 Å². The van der Waals surface area contributed by atoms with Crippen molar-refractivity contribution in [3.63, 3.8) is 0 Å². The number of rotatable bonds is 7. The number of aryl methyl sites for hydroxylation is 3. The van der Waals surface area contributed by atoms with E-state index >= 15 is 0 Å². The number of H-pyrrole nitrogens is 1. The molecule has 0 aliphatic carbocycles. The van der Waals surface area contributed by atoms with Gasteiger partial charge in [-0.2, -0.15) is 5.10 Å². The third-order valence-corrected chi connectivity index (χ3v) is 5.24. The molecule has 29 heavy (non-hydrogen) atoms. The second-order valence-corrected chi connectivity index (χ2v) is 7.75. The molecule has 0 aliphatic rings. The molecule has 0 atom stereocenters. The van der Waals surface area contributed by atoms with Crippen molar-refractivity contribution in [3.05, 3.63) is 69.9 Å². The number of pyridine rings is 1. The number of Topliss-reactive ketones (excluding diaryl/α,β-unsaturated/α-hetero) is 1. The first-order valence-electron chi connectivity index (χ1n) is 9.23. The maximum absolute atomic E-state index is 12.4. The lowest BCUT2D eigenvalue weighted by atomic mass is 10.1. The van der Waals surface area contributed by atoms with E-state index in [-0.39, 0.29) is 5.78 Å². The van der Waals surface area contributed by atoms with Crippen LogP contribution in [0.5, 0.6) is 0 Å². The number of carbonyl (C=O) groups excluding carboxylic acids is 1. The molecule has 4 heterocycles. The molecule has 0 aliphatic heterocycles. The number of hydrogen-bond acceptors (Lipinski definition) is 7. The lowest BCUT2D eigenvalue weighted by Gasteiger charge is -2.07. The highest BCUT2D eigenvalue weighted by atomic mass is 32.1. The molecule has 0 bridgehead atoms. The fraction of sp³-hybridized carbons (Fsp3) is 0.190. The van der Waals surface area contributed by atoms with Gasteiger partial charge in [-0.05, 0) is 43.8 Å². The molecule has 8 heteroatoms. The molecule has 0 aromatic carbocycles. The maximum Gasteiger partial charge on any atom is 0.181 e. The molecular formula is C21H20N6OS. The molecule has 2 N–H and O–H groups in total. The maximum atomic E-state index is 12.4. The molecule has 0 amide bonds. The largest absolute Gasteiger partial charge is 0.323 e. The van der Waals surface area contributed by atoms with Crippen LogP contribution >= 0.6 is 11.3 Å². The fourth-order valence-electron chi connectivity index (χ4n) is 2.89. The van der Waals surface area contributed by atoms with Gasteiger partial charge in [0.1, 0.15) is 11.5 Å². The van der Waals surface area contributed by atoms with Gasteiger partial charge in [0.05, 0.1) is 0 Å². The Morgan fingerprint density at radius 2 is 2.03 bits per heavy atom. The first-order chi connectivity index (χ1) is 14.1. The third kappa shape index (κ3) is 4.72. The molecule has 0 spiro atoms. The summed E-state index contributed by atoms with van der Waals surface area (Å²) in [7, 11) is 0. The fourth-order valence-corrected chi connectivity index (χ4v) is 3.59. The summed E-state index contributed by atoms with van der Waals surface area (Å²) in [6.07, 6.45) is 2.84. The zero-order valence-corrected chi connectivity index (χ0v) is 17.0. The van der Waals surface area contributed by atoms with Crippen LogP contribution in [0.3, 0.4) is 0 Å². The van der Waals surface area contributed by atoms with Crippen LogP contribution in [-0.2, 0) is 6.42 Å². The molecular weight excluding hydrogens is 384 g/mol. The molecule has 7 nitrogen and oxygen atoms in total. The molecule has 4 aromatic rings. The number of ketones is 1. The zero-order valence-electron chi connectivity index (χ0n) is 16.1. The quantitative estimate of drug-likeness (QED) is 0.440. The average Bonchev–Trinajstić information content (AvgIpc) is 3.37. The Hall–Kier alpha value is -3.39. The molecule has 0 saturated heterocycles. The van der Waals surface area contributed by atoms with Crippen molar-refractivity contribution in [3.8, 4) is 11.4 Å². The highest BCUT2D eigenvalue weighted by Crippen LogP contribution is 2.20. The second kappa shape index (κ2) is 8.32. The molecule has 0 unspecified atom stereocenters. The summed E-state index contributed by atoms with van der Waals surface area (Å²) in [5.41, 5.74) is 3.00. The van der Waals surface area contributed by atoms with E-state index < -0.39 is 0 Å². The number of hydrogen-bond donors (Lipinski definition) is 2. The summed E-state index contributed by atoms with van der Waals surface area (Å²) in [6.45, 7) is 3.84. The van der Waals surface area contributed by atoms with Gasteiger partial charge in [0, 0.05) is 46.6 Å². The molecule has 4 rings (SSSR count). The Bertz CT molecular complexity index is 1120. The van der Waals surface area contributed by atoms with Gasteiger partial charge >= 0.3 is 0 Å². The standard InChI is InChI=1S/C21H20N6OS/c1-13-10-19(24-20-11-14(2)26-27-20)25-21(23-13)15-5-7-17(22-12-15)18(28)8-6-16-4-3-9-29-16/h3-5,7,9-12H,6,8H2,1-2H3,(H2,23,24,25,26,27). The Morgan fingerprint density at radius 3 is 2.72 bits per heavy atom. The van der Waals surface area contributed by atoms with E-state index in [4.69, 9.17) is 0 Å². The normalized spacial score (nSPS) is 10.8. The summed E-state index contributed by atoms with van der Waals surface area (Å²) in [6, 6.07) is 11.4. The van der Waals surface area contributed by atoms with E-state index in [1.54, 1.807) is 23.6 Å². The minimum atomic E-state index is 0.0337. The number of thiophene rings is 1. The number of nitrogens with zero attached hydrogens (tertiary/aromatic N) is 4. The Morgan fingerprint density at radius 1 is 1.14 bits per heavy atom. The summed E-state index contributed by atoms with van der Waals surface area (Å²) < 4.78 is 0. The highest BCUT2D eigenvalue weighted by molar-refractivity contribution is 7.09. The van der Waals surface area contributed by atoms with Crippen LogP contribution in [0.1, 0.15) is 33.2 Å². The van der Waals surface area contributed by atoms with Crippen molar-refractivity contribution in [1.29, 1.82) is 0 Å². The van der Waals surface area contributed by atoms with E-state index in [0.29, 0.717) is 29.6 Å². The van der Waals surface area contributed by atoms with E-state index in [2.05, 4.69) is 30.5 Å². The molecule has 0 saturated carbocycles. The lowest BCUT2D eigenvalue weighted by molar-refractivity contribution is 0.0978. The summed E-state index contributed by atoms with van der Waals surface area (Å²) in [4.78, 5) is 27.0. The smallest absolute Gasteiger partial charge is 0.181 e. The van der Waals surface area contributed by atoms with Crippen molar-refractivity contribution in [1.82, 2.24) is 25.1 Å². The molecule has 4 aromatic heterocycles. The van der Waals surface area contributed by atoms with Crippen LogP contribution in [-0.4, -0.2) is 30.9 Å². The Labute approximate surface area is 172 Å². The van der Waals surface area contributed by atoms with E-state index in [9.17, 15) is 4.79 Å². The van der Waals surface area contributed by atoms with Crippen LogP contribution < -0.4 is 5.32 Å². The number of aromatic amines is 1. The first-order valence-corrected chi connectivity index (χ1v) is 10.1. The average molecular weight is 404 g/mol. The summed E-state index contributed by atoms with van der Waals surface area (Å²) in [5, 5.41) is 12.2. The van der Waals surface area contributed by atoms with Crippen molar-refractivity contribution in [2.75, 3.05) is 5.32 Å². The predicted octanol–water partition coefficient (Wildman–Crippen LogP) is 4.50. The van der Waals surface area contributed by atoms with Crippen molar-refractivity contribution < 1.29 is 4.79 Å². The number of nitrogens with one attached hydrogen (secondary N) is 2. The van der Waals surface area contributed by atoms with Gasteiger partial charge in [0.25, 0.3) is 0 Å². The highest BCUT2D eigenvalue weighted by Gasteiger charge is 2.11. The SMILES string of the molecule is Cc1cc(Nc2cc(C)[nH]n2)nc(-c2ccc(C(=O)CCc3cccs3)nc2)n1. The van der Waals surface area contributed by atoms with E-state index in [1.165, 1.54) is 4.88 Å². The van der Waals surface area contributed by atoms with Crippen molar-refractivity contribution in [2.24, 2.45) is 0 Å². The number of aromatic nitrogens is 5. The summed E-state index contributed by atoms with van der Waals surface area (Å²) in [5.74, 6) is 1.92. The van der Waals surface area contributed by atoms with Gasteiger partial charge in [-0.1, -0.05) is 6.07 Å². The van der Waals surface area contributed by atoms with Crippen LogP contribution in [0, 0.1) is 13.8 Å². The third-order valence-electron chi connectivity index (χ3n) is 4.30. The Kier molecular flexibility index (Phi) is 5.44. The van der Waals surface area contributed by atoms with Gasteiger partial charge in [-0.15, -0.1) is 11.3 Å². The topological polar surface area (TPSA) is 96.5 Å². The van der Waals surface area contributed by atoms with Crippen LogP contribution in [0.15, 0.2) is 48.0 Å². The molecule has 0 radical (unpaired) electrons. The Balaban J connectivity index is 1.48. The van der Waals surface area contributed by atoms with Gasteiger partial charge in [0.2, 0.25) is 0 Å². The molecule has 146 valence electrons. The van der Waals surface area contributed by atoms with Crippen LogP contribution in [0.4, 0.5) is 11.6 Å². The number of anilines is 2. The minimum Gasteiger partial charge on any atom is -0.323 e. The summed E-state index contributed by atoms with van der Waals surface area (Å²) >= 11 is 1.66. The molecule has 0 fully saturated rings.